The number of ether oxygens (including phenoxy) is 1. The molecule has 21 heavy (non-hydrogen) atoms. The Balaban J connectivity index is 1.98. The topological polar surface area (TPSA) is 38.3 Å². The van der Waals surface area contributed by atoms with Gasteiger partial charge in [-0.2, -0.15) is 0 Å². The van der Waals surface area contributed by atoms with Gasteiger partial charge in [0.15, 0.2) is 0 Å². The largest absolute Gasteiger partial charge is 0.494 e. The molecule has 2 aromatic rings. The quantitative estimate of drug-likeness (QED) is 0.884. The van der Waals surface area contributed by atoms with E-state index in [1.807, 2.05) is 44.2 Å². The van der Waals surface area contributed by atoms with Crippen molar-refractivity contribution in [1.82, 2.24) is 5.32 Å². The fourth-order valence-corrected chi connectivity index (χ4v) is 2.29. The van der Waals surface area contributed by atoms with Crippen molar-refractivity contribution in [3.05, 3.63) is 63.6 Å². The molecule has 1 N–H and O–H groups in total. The third-order valence-electron chi connectivity index (χ3n) is 3.10. The highest BCUT2D eigenvalue weighted by molar-refractivity contribution is 9.10. The second-order valence-electron chi connectivity index (χ2n) is 4.72. The van der Waals surface area contributed by atoms with Crippen molar-refractivity contribution in [2.24, 2.45) is 0 Å². The molecule has 0 unspecified atom stereocenters. The number of benzene rings is 2. The van der Waals surface area contributed by atoms with Gasteiger partial charge in [-0.05, 0) is 55.3 Å². The number of aryl methyl sites for hydroxylation is 1. The Morgan fingerprint density at radius 1 is 1.19 bits per heavy atom. The minimum atomic E-state index is -0.0750. The molecule has 3 nitrogen and oxygen atoms in total. The van der Waals surface area contributed by atoms with E-state index in [-0.39, 0.29) is 5.91 Å². The number of hydrogen-bond donors (Lipinski definition) is 1. The highest BCUT2D eigenvalue weighted by atomic mass is 79.9. The van der Waals surface area contributed by atoms with Crippen LogP contribution in [-0.2, 0) is 6.54 Å². The lowest BCUT2D eigenvalue weighted by Gasteiger charge is -2.10. The molecule has 0 saturated heterocycles. The normalized spacial score (nSPS) is 10.2. The van der Waals surface area contributed by atoms with Crippen molar-refractivity contribution < 1.29 is 9.53 Å². The number of carbonyl (C=O) groups is 1. The third-order valence-corrected chi connectivity index (χ3v) is 3.63. The summed E-state index contributed by atoms with van der Waals surface area (Å²) in [5.41, 5.74) is 2.79. The average molecular weight is 348 g/mol. The standard InChI is InChI=1S/C17H18BrNO2/c1-3-21-16-9-4-13(10-12(16)2)11-19-17(20)14-5-7-15(18)8-6-14/h4-10H,3,11H2,1-2H3,(H,19,20). The summed E-state index contributed by atoms with van der Waals surface area (Å²) < 4.78 is 6.47. The molecule has 110 valence electrons. The Hall–Kier alpha value is -1.81. The predicted molar refractivity (Wildman–Crippen MR) is 87.7 cm³/mol. The third kappa shape index (κ3) is 4.33. The molecule has 0 atom stereocenters. The maximum absolute atomic E-state index is 12.0. The van der Waals surface area contributed by atoms with Gasteiger partial charge in [-0.3, -0.25) is 4.79 Å². The van der Waals surface area contributed by atoms with E-state index in [2.05, 4.69) is 21.2 Å². The average Bonchev–Trinajstić information content (AvgIpc) is 2.48. The summed E-state index contributed by atoms with van der Waals surface area (Å²) in [5, 5.41) is 2.92. The molecule has 2 aromatic carbocycles. The lowest BCUT2D eigenvalue weighted by Crippen LogP contribution is -2.22. The predicted octanol–water partition coefficient (Wildman–Crippen LogP) is 4.09. The van der Waals surface area contributed by atoms with E-state index in [4.69, 9.17) is 4.74 Å². The second kappa shape index (κ2) is 7.27. The molecule has 0 aromatic heterocycles. The Labute approximate surface area is 133 Å². The maximum Gasteiger partial charge on any atom is 0.251 e. The first kappa shape index (κ1) is 15.6. The van der Waals surface area contributed by atoms with Crippen molar-refractivity contribution in [3.8, 4) is 5.75 Å². The van der Waals surface area contributed by atoms with Crippen LogP contribution in [0.5, 0.6) is 5.75 Å². The zero-order chi connectivity index (χ0) is 15.2. The van der Waals surface area contributed by atoms with Crippen LogP contribution in [0.25, 0.3) is 0 Å². The Kier molecular flexibility index (Phi) is 5.39. The van der Waals surface area contributed by atoms with Gasteiger partial charge in [-0.1, -0.05) is 28.1 Å². The van der Waals surface area contributed by atoms with E-state index < -0.39 is 0 Å². The molecule has 0 bridgehead atoms. The van der Waals surface area contributed by atoms with E-state index >= 15 is 0 Å². The molecular formula is C17H18BrNO2. The molecule has 0 aliphatic carbocycles. The van der Waals surface area contributed by atoms with E-state index in [0.29, 0.717) is 18.7 Å². The lowest BCUT2D eigenvalue weighted by molar-refractivity contribution is 0.0951. The van der Waals surface area contributed by atoms with Gasteiger partial charge < -0.3 is 10.1 Å². The molecule has 0 aliphatic heterocycles. The maximum atomic E-state index is 12.0. The van der Waals surface area contributed by atoms with Crippen molar-refractivity contribution in [3.63, 3.8) is 0 Å². The zero-order valence-corrected chi connectivity index (χ0v) is 13.7. The molecule has 0 heterocycles. The molecular weight excluding hydrogens is 330 g/mol. The summed E-state index contributed by atoms with van der Waals surface area (Å²) in [6.07, 6.45) is 0. The minimum absolute atomic E-state index is 0.0750. The zero-order valence-electron chi connectivity index (χ0n) is 12.2. The fourth-order valence-electron chi connectivity index (χ4n) is 2.02. The smallest absolute Gasteiger partial charge is 0.251 e. The van der Waals surface area contributed by atoms with E-state index in [9.17, 15) is 4.79 Å². The van der Waals surface area contributed by atoms with Crippen molar-refractivity contribution >= 4 is 21.8 Å². The van der Waals surface area contributed by atoms with Crippen LogP contribution in [0.2, 0.25) is 0 Å². The molecule has 0 radical (unpaired) electrons. The van der Waals surface area contributed by atoms with Crippen LogP contribution in [0.1, 0.15) is 28.4 Å². The molecule has 0 fully saturated rings. The number of halogens is 1. The van der Waals surface area contributed by atoms with E-state index in [1.54, 1.807) is 12.1 Å². The summed E-state index contributed by atoms with van der Waals surface area (Å²) in [6.45, 7) is 5.12. The molecule has 0 aliphatic rings. The SMILES string of the molecule is CCOc1ccc(CNC(=O)c2ccc(Br)cc2)cc1C. The lowest BCUT2D eigenvalue weighted by atomic mass is 10.1. The second-order valence-corrected chi connectivity index (χ2v) is 5.64. The number of carbonyl (C=O) groups excluding carboxylic acids is 1. The van der Waals surface area contributed by atoms with Crippen LogP contribution in [0, 0.1) is 6.92 Å². The van der Waals surface area contributed by atoms with Crippen molar-refractivity contribution in [1.29, 1.82) is 0 Å². The van der Waals surface area contributed by atoms with Crippen LogP contribution in [0.4, 0.5) is 0 Å². The van der Waals surface area contributed by atoms with Gasteiger partial charge in [0.2, 0.25) is 0 Å². The molecule has 0 spiro atoms. The Morgan fingerprint density at radius 2 is 1.90 bits per heavy atom. The van der Waals surface area contributed by atoms with E-state index in [0.717, 1.165) is 21.3 Å². The number of nitrogens with one attached hydrogen (secondary N) is 1. The van der Waals surface area contributed by atoms with Crippen LogP contribution in [-0.4, -0.2) is 12.5 Å². The van der Waals surface area contributed by atoms with Crippen molar-refractivity contribution in [2.45, 2.75) is 20.4 Å². The monoisotopic (exact) mass is 347 g/mol. The van der Waals surface area contributed by atoms with Gasteiger partial charge in [0.1, 0.15) is 5.75 Å². The fraction of sp³-hybridized carbons (Fsp3) is 0.235. The number of rotatable bonds is 5. The van der Waals surface area contributed by atoms with E-state index in [1.165, 1.54) is 0 Å². The molecule has 4 heteroatoms. The first-order chi connectivity index (χ1) is 10.1. The summed E-state index contributed by atoms with van der Waals surface area (Å²) in [6, 6.07) is 13.3. The molecule has 1 amide bonds. The minimum Gasteiger partial charge on any atom is -0.494 e. The van der Waals surface area contributed by atoms with Crippen molar-refractivity contribution in [2.75, 3.05) is 6.61 Å². The van der Waals surface area contributed by atoms with Crippen LogP contribution in [0.15, 0.2) is 46.9 Å². The number of hydrogen-bond acceptors (Lipinski definition) is 2. The number of amides is 1. The molecule has 2 rings (SSSR count). The van der Waals surface area contributed by atoms with Gasteiger partial charge >= 0.3 is 0 Å². The Morgan fingerprint density at radius 3 is 2.52 bits per heavy atom. The van der Waals surface area contributed by atoms with Crippen LogP contribution >= 0.6 is 15.9 Å². The van der Waals surface area contributed by atoms with Gasteiger partial charge in [0.05, 0.1) is 6.61 Å². The Bertz CT molecular complexity index is 623. The van der Waals surface area contributed by atoms with Gasteiger partial charge in [-0.15, -0.1) is 0 Å². The van der Waals surface area contributed by atoms with Gasteiger partial charge in [0, 0.05) is 16.6 Å². The van der Waals surface area contributed by atoms with Crippen LogP contribution in [0.3, 0.4) is 0 Å². The van der Waals surface area contributed by atoms with Gasteiger partial charge in [-0.25, -0.2) is 0 Å². The molecule has 0 saturated carbocycles. The first-order valence-corrected chi connectivity index (χ1v) is 7.65. The summed E-state index contributed by atoms with van der Waals surface area (Å²) >= 11 is 3.35. The highest BCUT2D eigenvalue weighted by Gasteiger charge is 2.06. The summed E-state index contributed by atoms with van der Waals surface area (Å²) in [5.74, 6) is 0.814. The first-order valence-electron chi connectivity index (χ1n) is 6.86. The van der Waals surface area contributed by atoms with Gasteiger partial charge in [0.25, 0.3) is 5.91 Å². The summed E-state index contributed by atoms with van der Waals surface area (Å²) in [7, 11) is 0. The van der Waals surface area contributed by atoms with Crippen LogP contribution < -0.4 is 10.1 Å². The highest BCUT2D eigenvalue weighted by Crippen LogP contribution is 2.19. The summed E-state index contributed by atoms with van der Waals surface area (Å²) in [4.78, 5) is 12.0.